The predicted octanol–water partition coefficient (Wildman–Crippen LogP) is 3.58. The van der Waals surface area contributed by atoms with E-state index in [1.807, 2.05) is 18.6 Å². The molecule has 0 aliphatic heterocycles. The number of anilines is 1. The Labute approximate surface area is 129 Å². The van der Waals surface area contributed by atoms with Gasteiger partial charge < -0.3 is 19.4 Å². The Morgan fingerprint density at radius 3 is 2.67 bits per heavy atom. The summed E-state index contributed by atoms with van der Waals surface area (Å²) in [6.45, 7) is 3.75. The van der Waals surface area contributed by atoms with Gasteiger partial charge in [-0.25, -0.2) is 4.98 Å². The third kappa shape index (κ3) is 3.61. The van der Waals surface area contributed by atoms with Gasteiger partial charge in [0.2, 0.25) is 0 Å². The van der Waals surface area contributed by atoms with Crippen molar-refractivity contribution in [2.24, 2.45) is 0 Å². The first-order valence-electron chi connectivity index (χ1n) is 6.84. The molecule has 0 fully saturated rings. The molecule has 0 unspecified atom stereocenters. The first-order chi connectivity index (χ1) is 10.2. The number of nitrogens with zero attached hydrogens (tertiary/aromatic N) is 2. The Hall–Kier alpha value is -1.88. The van der Waals surface area contributed by atoms with Crippen molar-refractivity contribution >= 4 is 17.3 Å². The molecule has 114 valence electrons. The van der Waals surface area contributed by atoms with E-state index in [1.165, 1.54) is 0 Å². The van der Waals surface area contributed by atoms with Crippen LogP contribution in [0, 0.1) is 0 Å². The van der Waals surface area contributed by atoms with E-state index in [4.69, 9.17) is 21.1 Å². The zero-order valence-electron chi connectivity index (χ0n) is 12.5. The van der Waals surface area contributed by atoms with Crippen molar-refractivity contribution in [1.29, 1.82) is 0 Å². The molecule has 2 rings (SSSR count). The second kappa shape index (κ2) is 7.22. The van der Waals surface area contributed by atoms with Crippen LogP contribution in [0.3, 0.4) is 0 Å². The van der Waals surface area contributed by atoms with Gasteiger partial charge in [-0.1, -0.05) is 18.5 Å². The van der Waals surface area contributed by atoms with E-state index >= 15 is 0 Å². The second-order valence-corrected chi connectivity index (χ2v) is 5.03. The van der Waals surface area contributed by atoms with Gasteiger partial charge in [0.1, 0.15) is 11.5 Å². The fourth-order valence-electron chi connectivity index (χ4n) is 2.12. The molecule has 6 heteroatoms. The van der Waals surface area contributed by atoms with Gasteiger partial charge in [0, 0.05) is 24.9 Å². The van der Waals surface area contributed by atoms with Gasteiger partial charge in [0.25, 0.3) is 0 Å². The van der Waals surface area contributed by atoms with Crippen LogP contribution in [-0.2, 0) is 13.1 Å². The van der Waals surface area contributed by atoms with Gasteiger partial charge in [0.05, 0.1) is 43.5 Å². The van der Waals surface area contributed by atoms with Gasteiger partial charge in [-0.2, -0.15) is 0 Å². The molecule has 21 heavy (non-hydrogen) atoms. The van der Waals surface area contributed by atoms with Crippen LogP contribution in [0.15, 0.2) is 24.7 Å². The molecule has 0 radical (unpaired) electrons. The number of methoxy groups -OCH3 is 2. The van der Waals surface area contributed by atoms with Crippen molar-refractivity contribution in [1.82, 2.24) is 9.55 Å². The summed E-state index contributed by atoms with van der Waals surface area (Å²) in [5, 5.41) is 3.87. The van der Waals surface area contributed by atoms with Gasteiger partial charge >= 0.3 is 0 Å². The summed E-state index contributed by atoms with van der Waals surface area (Å²) < 4.78 is 12.7. The fourth-order valence-corrected chi connectivity index (χ4v) is 2.35. The lowest BCUT2D eigenvalue weighted by atomic mass is 10.2. The molecular weight excluding hydrogens is 290 g/mol. The monoisotopic (exact) mass is 309 g/mol. The van der Waals surface area contributed by atoms with Crippen LogP contribution in [0.25, 0.3) is 0 Å². The molecular formula is C15H20ClN3O2. The Morgan fingerprint density at radius 1 is 1.24 bits per heavy atom. The highest BCUT2D eigenvalue weighted by Crippen LogP contribution is 2.36. The minimum Gasteiger partial charge on any atom is -0.495 e. The quantitative estimate of drug-likeness (QED) is 0.849. The van der Waals surface area contributed by atoms with Gasteiger partial charge in [0.15, 0.2) is 0 Å². The lowest BCUT2D eigenvalue weighted by molar-refractivity contribution is 0.404. The van der Waals surface area contributed by atoms with E-state index in [0.717, 1.165) is 24.3 Å². The molecule has 0 saturated carbocycles. The minimum atomic E-state index is 0.524. The summed E-state index contributed by atoms with van der Waals surface area (Å²) in [7, 11) is 3.21. The molecule has 1 N–H and O–H groups in total. The molecule has 1 heterocycles. The number of rotatable bonds is 7. The van der Waals surface area contributed by atoms with E-state index < -0.39 is 0 Å². The number of hydrogen-bond acceptors (Lipinski definition) is 4. The first kappa shape index (κ1) is 15.5. The van der Waals surface area contributed by atoms with Crippen molar-refractivity contribution in [2.75, 3.05) is 19.5 Å². The van der Waals surface area contributed by atoms with Gasteiger partial charge in [-0.15, -0.1) is 0 Å². The molecule has 0 saturated heterocycles. The third-order valence-corrected chi connectivity index (χ3v) is 3.49. The third-order valence-electron chi connectivity index (χ3n) is 3.20. The fraction of sp³-hybridized carbons (Fsp3) is 0.400. The zero-order chi connectivity index (χ0) is 15.2. The first-order valence-corrected chi connectivity index (χ1v) is 7.21. The van der Waals surface area contributed by atoms with Crippen molar-refractivity contribution in [2.45, 2.75) is 26.4 Å². The average Bonchev–Trinajstić information content (AvgIpc) is 2.93. The van der Waals surface area contributed by atoms with Crippen LogP contribution in [0.1, 0.15) is 19.0 Å². The molecule has 5 nitrogen and oxygen atoms in total. The van der Waals surface area contributed by atoms with E-state index in [-0.39, 0.29) is 0 Å². The van der Waals surface area contributed by atoms with Crippen LogP contribution < -0.4 is 14.8 Å². The Balaban J connectivity index is 2.17. The highest BCUT2D eigenvalue weighted by atomic mass is 35.5. The van der Waals surface area contributed by atoms with Crippen LogP contribution in [0.5, 0.6) is 11.5 Å². The molecule has 0 amide bonds. The predicted molar refractivity (Wildman–Crippen MR) is 84.4 cm³/mol. The van der Waals surface area contributed by atoms with E-state index in [2.05, 4.69) is 21.8 Å². The maximum atomic E-state index is 6.10. The highest BCUT2D eigenvalue weighted by molar-refractivity contribution is 6.32. The molecule has 1 aromatic heterocycles. The largest absolute Gasteiger partial charge is 0.495 e. The molecule has 2 aromatic rings. The number of aromatic nitrogens is 2. The van der Waals surface area contributed by atoms with Crippen molar-refractivity contribution in [3.8, 4) is 11.5 Å². The molecule has 0 bridgehead atoms. The summed E-state index contributed by atoms with van der Waals surface area (Å²) in [4.78, 5) is 4.19. The van der Waals surface area contributed by atoms with E-state index in [1.54, 1.807) is 20.3 Å². The molecule has 1 aromatic carbocycles. The topological polar surface area (TPSA) is 48.3 Å². The number of imidazole rings is 1. The molecule has 0 atom stereocenters. The summed E-state index contributed by atoms with van der Waals surface area (Å²) in [5.74, 6) is 1.30. The maximum absolute atomic E-state index is 6.10. The van der Waals surface area contributed by atoms with Crippen molar-refractivity contribution in [3.63, 3.8) is 0 Å². The molecule has 0 aliphatic rings. The van der Waals surface area contributed by atoms with Crippen molar-refractivity contribution in [3.05, 3.63) is 35.4 Å². The summed E-state index contributed by atoms with van der Waals surface area (Å²) in [5.41, 5.74) is 1.95. The van der Waals surface area contributed by atoms with Crippen LogP contribution in [0.4, 0.5) is 5.69 Å². The van der Waals surface area contributed by atoms with Crippen LogP contribution >= 0.6 is 11.6 Å². The molecule has 0 spiro atoms. The number of ether oxygens (including phenoxy) is 2. The Morgan fingerprint density at radius 2 is 2.00 bits per heavy atom. The van der Waals surface area contributed by atoms with Crippen molar-refractivity contribution < 1.29 is 9.47 Å². The normalized spacial score (nSPS) is 10.5. The lowest BCUT2D eigenvalue weighted by Crippen LogP contribution is -2.07. The maximum Gasteiger partial charge on any atom is 0.143 e. The summed E-state index contributed by atoms with van der Waals surface area (Å²) in [6.07, 6.45) is 4.78. The average molecular weight is 310 g/mol. The van der Waals surface area contributed by atoms with Crippen LogP contribution in [-0.4, -0.2) is 23.8 Å². The minimum absolute atomic E-state index is 0.524. The van der Waals surface area contributed by atoms with Crippen LogP contribution in [0.2, 0.25) is 5.02 Å². The number of hydrogen-bond donors (Lipinski definition) is 1. The number of halogens is 1. The summed E-state index contributed by atoms with van der Waals surface area (Å²) >= 11 is 6.10. The SMILES string of the molecule is CCCn1cncc1CNc1cc(OC)c(Cl)cc1OC. The highest BCUT2D eigenvalue weighted by Gasteiger charge is 2.10. The second-order valence-electron chi connectivity index (χ2n) is 4.62. The van der Waals surface area contributed by atoms with Gasteiger partial charge in [-0.05, 0) is 6.42 Å². The number of benzene rings is 1. The smallest absolute Gasteiger partial charge is 0.143 e. The van der Waals surface area contributed by atoms with Gasteiger partial charge in [-0.3, -0.25) is 0 Å². The van der Waals surface area contributed by atoms with E-state index in [9.17, 15) is 0 Å². The lowest BCUT2D eigenvalue weighted by Gasteiger charge is -2.14. The zero-order valence-corrected chi connectivity index (χ0v) is 13.3. The molecule has 0 aliphatic carbocycles. The number of nitrogens with one attached hydrogen (secondary N) is 1. The Bertz CT molecular complexity index is 599. The summed E-state index contributed by atoms with van der Waals surface area (Å²) in [6, 6.07) is 3.58. The Kier molecular flexibility index (Phi) is 5.33. The standard InChI is InChI=1S/C15H20ClN3O2/c1-4-5-19-10-17-8-11(19)9-18-13-7-14(20-2)12(16)6-15(13)21-3/h6-8,10,18H,4-5,9H2,1-3H3. The number of aryl methyl sites for hydroxylation is 1. The van der Waals surface area contributed by atoms with E-state index in [0.29, 0.717) is 23.1 Å².